The Kier molecular flexibility index (Phi) is 5.32. The maximum absolute atomic E-state index is 5.30. The van der Waals surface area contributed by atoms with Gasteiger partial charge in [-0.15, -0.1) is 0 Å². The minimum atomic E-state index is 0.671. The molecule has 1 nitrogen and oxygen atoms in total. The molecular formula is C9H19N. The fraction of sp³-hybridized carbons (Fsp3) is 0.778. The van der Waals surface area contributed by atoms with E-state index in [9.17, 15) is 0 Å². The van der Waals surface area contributed by atoms with Crippen LogP contribution in [-0.4, -0.2) is 6.54 Å². The van der Waals surface area contributed by atoms with Crippen molar-refractivity contribution in [2.24, 2.45) is 17.6 Å². The highest BCUT2D eigenvalue weighted by Gasteiger charge is 2.02. The van der Waals surface area contributed by atoms with Crippen LogP contribution >= 0.6 is 0 Å². The smallest absolute Gasteiger partial charge is 0.0106 e. The molecule has 0 fully saturated rings. The average molecular weight is 141 g/mol. The quantitative estimate of drug-likeness (QED) is 0.597. The van der Waals surface area contributed by atoms with Gasteiger partial charge in [0.2, 0.25) is 0 Å². The third-order valence-corrected chi connectivity index (χ3v) is 1.95. The van der Waals surface area contributed by atoms with Gasteiger partial charge in [0.05, 0.1) is 0 Å². The monoisotopic (exact) mass is 141 g/mol. The molecule has 60 valence electrons. The molecule has 1 unspecified atom stereocenters. The predicted octanol–water partition coefficient (Wildman–Crippen LogP) is 2.18. The molecule has 0 aromatic carbocycles. The zero-order chi connectivity index (χ0) is 7.98. The van der Waals surface area contributed by atoms with Gasteiger partial charge in [-0.05, 0) is 18.3 Å². The molecule has 0 saturated carbocycles. The maximum atomic E-state index is 5.30. The van der Waals surface area contributed by atoms with Crippen molar-refractivity contribution in [3.8, 4) is 0 Å². The largest absolute Gasteiger partial charge is 0.327 e. The molecule has 0 bridgehead atoms. The first-order valence-electron chi connectivity index (χ1n) is 4.03. The van der Waals surface area contributed by atoms with E-state index in [0.29, 0.717) is 6.54 Å². The molecule has 0 aliphatic carbocycles. The third kappa shape index (κ3) is 4.57. The van der Waals surface area contributed by atoms with Crippen molar-refractivity contribution in [1.82, 2.24) is 0 Å². The average Bonchev–Trinajstić information content (AvgIpc) is 1.88. The van der Waals surface area contributed by atoms with Crippen molar-refractivity contribution in [3.05, 3.63) is 12.2 Å². The first kappa shape index (κ1) is 9.70. The lowest BCUT2D eigenvalue weighted by Gasteiger charge is -2.11. The van der Waals surface area contributed by atoms with Crippen LogP contribution in [0.3, 0.4) is 0 Å². The van der Waals surface area contributed by atoms with Gasteiger partial charge in [-0.25, -0.2) is 0 Å². The fourth-order valence-electron chi connectivity index (χ4n) is 0.679. The molecule has 0 radical (unpaired) electrons. The number of hydrogen-bond acceptors (Lipinski definition) is 1. The van der Waals surface area contributed by atoms with Crippen molar-refractivity contribution in [1.29, 1.82) is 0 Å². The van der Waals surface area contributed by atoms with E-state index in [1.807, 2.05) is 6.08 Å². The van der Waals surface area contributed by atoms with Gasteiger partial charge in [-0.2, -0.15) is 0 Å². The van der Waals surface area contributed by atoms with Crippen molar-refractivity contribution in [3.63, 3.8) is 0 Å². The maximum Gasteiger partial charge on any atom is 0.0106 e. The molecule has 1 heteroatoms. The summed E-state index contributed by atoms with van der Waals surface area (Å²) in [7, 11) is 0. The van der Waals surface area contributed by atoms with Crippen molar-refractivity contribution in [2.75, 3.05) is 6.54 Å². The molecule has 0 aromatic heterocycles. The topological polar surface area (TPSA) is 26.0 Å². The minimum Gasteiger partial charge on any atom is -0.327 e. The van der Waals surface area contributed by atoms with Gasteiger partial charge in [-0.3, -0.25) is 0 Å². The zero-order valence-corrected chi connectivity index (χ0v) is 7.30. The van der Waals surface area contributed by atoms with Crippen LogP contribution in [0.15, 0.2) is 12.2 Å². The summed E-state index contributed by atoms with van der Waals surface area (Å²) in [6.07, 6.45) is 5.36. The second-order valence-electron chi connectivity index (χ2n) is 3.16. The first-order valence-corrected chi connectivity index (χ1v) is 4.03. The summed E-state index contributed by atoms with van der Waals surface area (Å²) < 4.78 is 0. The Hall–Kier alpha value is -0.300. The predicted molar refractivity (Wildman–Crippen MR) is 46.8 cm³/mol. The van der Waals surface area contributed by atoms with Crippen LogP contribution in [0, 0.1) is 11.8 Å². The number of nitrogens with two attached hydrogens (primary N) is 1. The Morgan fingerprint density at radius 1 is 1.20 bits per heavy atom. The minimum absolute atomic E-state index is 0.671. The molecule has 1 atom stereocenters. The van der Waals surface area contributed by atoms with E-state index in [1.165, 1.54) is 0 Å². The lowest BCUT2D eigenvalue weighted by molar-refractivity contribution is 0.424. The highest BCUT2D eigenvalue weighted by atomic mass is 14.5. The standard InChI is InChI=1S/C9H19N/c1-8(2)9(3)6-4-5-7-10/h4-5,8-9H,6-7,10H2,1-3H3/b5-4-. The summed E-state index contributed by atoms with van der Waals surface area (Å²) in [6, 6.07) is 0. The van der Waals surface area contributed by atoms with Crippen LogP contribution in [0.25, 0.3) is 0 Å². The molecule has 0 aromatic rings. The SMILES string of the molecule is CC(C)C(C)C/C=C\CN. The Morgan fingerprint density at radius 2 is 1.80 bits per heavy atom. The molecule has 0 saturated heterocycles. The van der Waals surface area contributed by atoms with Crippen molar-refractivity contribution >= 4 is 0 Å². The molecule has 0 aliphatic heterocycles. The molecule has 0 amide bonds. The summed E-state index contributed by atoms with van der Waals surface area (Å²) in [4.78, 5) is 0. The van der Waals surface area contributed by atoms with Crippen LogP contribution < -0.4 is 5.73 Å². The van der Waals surface area contributed by atoms with Crippen LogP contribution in [0.2, 0.25) is 0 Å². The van der Waals surface area contributed by atoms with E-state index >= 15 is 0 Å². The lowest BCUT2D eigenvalue weighted by atomic mass is 9.95. The Bertz CT molecular complexity index is 94.9. The van der Waals surface area contributed by atoms with E-state index in [0.717, 1.165) is 18.3 Å². The molecule has 2 N–H and O–H groups in total. The summed E-state index contributed by atoms with van der Waals surface area (Å²) in [5.41, 5.74) is 5.30. The van der Waals surface area contributed by atoms with Gasteiger partial charge < -0.3 is 5.73 Å². The number of allylic oxidation sites excluding steroid dienone is 1. The molecule has 0 rings (SSSR count). The third-order valence-electron chi connectivity index (χ3n) is 1.95. The van der Waals surface area contributed by atoms with Crippen LogP contribution in [0.4, 0.5) is 0 Å². The van der Waals surface area contributed by atoms with Crippen molar-refractivity contribution < 1.29 is 0 Å². The van der Waals surface area contributed by atoms with Gasteiger partial charge in [-0.1, -0.05) is 32.9 Å². The number of hydrogen-bond donors (Lipinski definition) is 1. The molecule has 10 heavy (non-hydrogen) atoms. The van der Waals surface area contributed by atoms with E-state index in [4.69, 9.17) is 5.73 Å². The van der Waals surface area contributed by atoms with Crippen LogP contribution in [0.1, 0.15) is 27.2 Å². The van der Waals surface area contributed by atoms with Gasteiger partial charge in [0.25, 0.3) is 0 Å². The van der Waals surface area contributed by atoms with Gasteiger partial charge in [0, 0.05) is 6.54 Å². The lowest BCUT2D eigenvalue weighted by Crippen LogP contribution is -2.02. The second-order valence-corrected chi connectivity index (χ2v) is 3.16. The van der Waals surface area contributed by atoms with Crippen LogP contribution in [0.5, 0.6) is 0 Å². The molecule has 0 spiro atoms. The van der Waals surface area contributed by atoms with E-state index in [2.05, 4.69) is 26.8 Å². The van der Waals surface area contributed by atoms with Gasteiger partial charge >= 0.3 is 0 Å². The molecule has 0 aliphatic rings. The van der Waals surface area contributed by atoms with Crippen LogP contribution in [-0.2, 0) is 0 Å². The van der Waals surface area contributed by atoms with E-state index in [1.54, 1.807) is 0 Å². The Balaban J connectivity index is 3.38. The normalized spacial score (nSPS) is 14.9. The Labute approximate surface area is 64.3 Å². The summed E-state index contributed by atoms with van der Waals surface area (Å²) in [6.45, 7) is 7.44. The highest BCUT2D eigenvalue weighted by molar-refractivity contribution is 4.84. The van der Waals surface area contributed by atoms with Gasteiger partial charge in [0.1, 0.15) is 0 Å². The molecular weight excluding hydrogens is 122 g/mol. The van der Waals surface area contributed by atoms with E-state index < -0.39 is 0 Å². The van der Waals surface area contributed by atoms with E-state index in [-0.39, 0.29) is 0 Å². The first-order chi connectivity index (χ1) is 4.68. The second kappa shape index (κ2) is 5.48. The summed E-state index contributed by atoms with van der Waals surface area (Å²) in [5, 5.41) is 0. The summed E-state index contributed by atoms with van der Waals surface area (Å²) >= 11 is 0. The zero-order valence-electron chi connectivity index (χ0n) is 7.30. The highest BCUT2D eigenvalue weighted by Crippen LogP contribution is 2.13. The molecule has 0 heterocycles. The van der Waals surface area contributed by atoms with Crippen molar-refractivity contribution in [2.45, 2.75) is 27.2 Å². The fourth-order valence-corrected chi connectivity index (χ4v) is 0.679. The Morgan fingerprint density at radius 3 is 2.20 bits per heavy atom. The number of rotatable bonds is 4. The summed E-state index contributed by atoms with van der Waals surface area (Å²) in [5.74, 6) is 1.56. The van der Waals surface area contributed by atoms with Gasteiger partial charge in [0.15, 0.2) is 0 Å².